The van der Waals surface area contributed by atoms with Gasteiger partial charge >= 0.3 is 42.2 Å². The summed E-state index contributed by atoms with van der Waals surface area (Å²) in [7, 11) is 2.64. The summed E-state index contributed by atoms with van der Waals surface area (Å²) in [5.41, 5.74) is -2.93. The van der Waals surface area contributed by atoms with Crippen LogP contribution in [0.4, 0.5) is 20.1 Å². The summed E-state index contributed by atoms with van der Waals surface area (Å²) in [6, 6.07) is 17.9. The van der Waals surface area contributed by atoms with Crippen molar-refractivity contribution in [3.63, 3.8) is 0 Å². The molecule has 8 rings (SSSR count). The van der Waals surface area contributed by atoms with Crippen LogP contribution in [0.25, 0.3) is 0 Å². The molecule has 28 nitrogen and oxygen atoms in total. The predicted molar refractivity (Wildman–Crippen MR) is 309 cm³/mol. The number of aliphatic hydroxyl groups excluding tert-OH is 5. The highest BCUT2D eigenvalue weighted by Crippen LogP contribution is 2.64. The molecule has 2 heterocycles. The number of aliphatic hydroxyl groups is 6. The Kier molecular flexibility index (Phi) is 19.7. The van der Waals surface area contributed by atoms with Crippen LogP contribution in [0.1, 0.15) is 95.8 Å². The van der Waals surface area contributed by atoms with E-state index >= 15 is 9.59 Å². The van der Waals surface area contributed by atoms with E-state index in [1.807, 2.05) is 0 Å². The number of carboxylic acids is 1. The van der Waals surface area contributed by atoms with Crippen LogP contribution in [0.2, 0.25) is 0 Å². The third kappa shape index (κ3) is 13.1. The van der Waals surface area contributed by atoms with Gasteiger partial charge in [-0.25, -0.2) is 28.8 Å². The van der Waals surface area contributed by atoms with Crippen molar-refractivity contribution in [3.8, 4) is 5.75 Å². The van der Waals surface area contributed by atoms with Crippen molar-refractivity contribution in [1.29, 1.82) is 0 Å². The minimum Gasteiger partial charge on any atom is -0.479 e. The van der Waals surface area contributed by atoms with Crippen LogP contribution < -0.4 is 15.8 Å². The van der Waals surface area contributed by atoms with E-state index in [9.17, 15) is 64.5 Å². The van der Waals surface area contributed by atoms with Gasteiger partial charge < -0.3 is 99.2 Å². The van der Waals surface area contributed by atoms with E-state index in [1.54, 1.807) is 57.2 Å². The van der Waals surface area contributed by atoms with Crippen LogP contribution in [0, 0.1) is 16.7 Å². The Balaban J connectivity index is 1.07. The maximum absolute atomic E-state index is 15.4. The maximum Gasteiger partial charge on any atom is 0.410 e. The Morgan fingerprint density at radius 2 is 1.47 bits per heavy atom. The van der Waals surface area contributed by atoms with Crippen LogP contribution >= 0.6 is 0 Å². The number of benzene rings is 3. The average molecular weight is 1260 g/mol. The molecule has 4 fully saturated rings. The van der Waals surface area contributed by atoms with Gasteiger partial charge in [-0.1, -0.05) is 68.4 Å². The monoisotopic (exact) mass is 1260 g/mol. The molecule has 2 aliphatic heterocycles. The topological polar surface area (TPSA) is 406 Å². The number of nitrogen functional groups attached to an aromatic ring is 1. The fourth-order valence-electron chi connectivity index (χ4n) is 12.7. The molecule has 16 atom stereocenters. The van der Waals surface area contributed by atoms with Gasteiger partial charge in [0.1, 0.15) is 72.3 Å². The van der Waals surface area contributed by atoms with E-state index in [0.717, 1.165) is 16.7 Å². The molecule has 3 aromatic carbocycles. The average Bonchev–Trinajstić information content (AvgIpc) is 0.672. The molecule has 0 aromatic heterocycles. The molecule has 2 saturated heterocycles. The molecule has 0 spiro atoms. The van der Waals surface area contributed by atoms with Crippen LogP contribution in [-0.2, 0) is 63.7 Å². The molecule has 28 heteroatoms. The summed E-state index contributed by atoms with van der Waals surface area (Å²) < 4.78 is 52.5. The first-order valence-corrected chi connectivity index (χ1v) is 29.0. The van der Waals surface area contributed by atoms with Gasteiger partial charge in [-0.05, 0) is 81.2 Å². The Hall–Kier alpha value is -7.96. The van der Waals surface area contributed by atoms with Crippen LogP contribution in [0.3, 0.4) is 0 Å². The molecule has 490 valence electrons. The molecular weight excluding hydrogens is 1180 g/mol. The van der Waals surface area contributed by atoms with Crippen molar-refractivity contribution in [3.05, 3.63) is 107 Å². The Labute approximate surface area is 517 Å². The zero-order valence-corrected chi connectivity index (χ0v) is 51.3. The SMILES string of the molecule is CC(=O)O[C@@]12CO[C@@H]1C[C@H](O)[C@@]1(C)C(=O)[C@H](O)C3=C(C)[C@@H](OC(=O)[C@H](OC(=O)N(C)CCN(C)C(=O)OCc4ccc(O[C@@H]5O[C@H](C(=O)O)[C@@H](O)[C@H](O)[C@H]5O)c(N)c4)[C@@H](NC(=O)OC(C)(C)C)c4ccccc4)C[C@@](O)(C(OC(=O)c4ccccc4)C12)C3(C)C. The number of anilines is 1. The van der Waals surface area contributed by atoms with Gasteiger partial charge in [0.05, 0.1) is 35.3 Å². The first-order chi connectivity index (χ1) is 42.1. The van der Waals surface area contributed by atoms with E-state index in [0.29, 0.717) is 5.56 Å². The summed E-state index contributed by atoms with van der Waals surface area (Å²) in [5, 5.41) is 81.1. The number of likely N-dealkylation sites (N-methyl/N-ethyl adjacent to an activating group) is 2. The predicted octanol–water partition coefficient (Wildman–Crippen LogP) is 2.46. The zero-order chi connectivity index (χ0) is 66.3. The number of aliphatic carboxylic acids is 1. The van der Waals surface area contributed by atoms with Crippen molar-refractivity contribution in [1.82, 2.24) is 15.1 Å². The van der Waals surface area contributed by atoms with Crippen molar-refractivity contribution in [2.45, 2.75) is 165 Å². The minimum atomic E-state index is -2.53. The highest BCUT2D eigenvalue weighted by molar-refractivity contribution is 5.94. The van der Waals surface area contributed by atoms with Crippen molar-refractivity contribution in [2.75, 3.05) is 39.5 Å². The summed E-state index contributed by atoms with van der Waals surface area (Å²) in [4.78, 5) is 114. The lowest BCUT2D eigenvalue weighted by Gasteiger charge is -2.67. The normalized spacial score (nSPS) is 30.8. The highest BCUT2D eigenvalue weighted by atomic mass is 16.7. The lowest BCUT2D eigenvalue weighted by molar-refractivity contribution is -0.346. The fraction of sp³-hybridized carbons (Fsp3) is 0.548. The van der Waals surface area contributed by atoms with Gasteiger partial charge in [0.15, 0.2) is 17.5 Å². The maximum atomic E-state index is 15.4. The van der Waals surface area contributed by atoms with Crippen molar-refractivity contribution < 1.29 is 117 Å². The Morgan fingerprint density at radius 3 is 2.04 bits per heavy atom. The van der Waals surface area contributed by atoms with Crippen molar-refractivity contribution in [2.24, 2.45) is 16.7 Å². The first-order valence-electron chi connectivity index (χ1n) is 29.0. The molecule has 3 amide bonds. The second kappa shape index (κ2) is 26.1. The molecule has 10 N–H and O–H groups in total. The number of carboxylic acid groups (broad SMARTS) is 1. The standard InChI is InChI=1S/C62H78N4O24/c1-30-37(27-62(81)50(88-52(76)34-19-15-12-16-20-34)48-60(8,49(73)42(69)40(30)59(62,6)7)38(68)26-39-61(48,29-83-39)89-31(2)67)84-53(77)46(41(33-17-13-11-14-18-33)64-55(78)90-58(3,4)5)87-57(80)66(10)24-23-65(9)56(79)82-28-32-21-22-36(35(63)25-32)85-54-45(72)43(70)44(71)47(86-54)51(74)75/h11-22,25,37-39,41-48,50,54,68-72,81H,23-24,26-29,63H2,1-10H3,(H,64,78)(H,74,75)/t37-,38-,39+,41-,42+,43-,44-,45+,46+,47-,48?,50?,54+,60+,61-,62+/m0/s1. The molecule has 0 radical (unpaired) electrons. The van der Waals surface area contributed by atoms with Crippen LogP contribution in [0.5, 0.6) is 5.75 Å². The third-order valence-corrected chi connectivity index (χ3v) is 17.7. The number of fused-ring (bicyclic) bond motifs is 5. The van der Waals surface area contributed by atoms with Crippen LogP contribution in [-0.4, -0.2) is 211 Å². The number of rotatable bonds is 17. The van der Waals surface area contributed by atoms with E-state index in [4.69, 9.17) is 48.4 Å². The highest BCUT2D eigenvalue weighted by Gasteiger charge is 2.78. The number of esters is 3. The van der Waals surface area contributed by atoms with Gasteiger partial charge in [-0.3, -0.25) is 9.59 Å². The number of carbonyl (C=O) groups excluding carboxylic acids is 7. The van der Waals surface area contributed by atoms with Crippen LogP contribution in [0.15, 0.2) is 90.0 Å². The fourth-order valence-corrected chi connectivity index (χ4v) is 12.7. The number of ether oxygens (including phenoxy) is 9. The summed E-state index contributed by atoms with van der Waals surface area (Å²) >= 11 is 0. The first kappa shape index (κ1) is 68.0. The van der Waals surface area contributed by atoms with E-state index < -0.39 is 161 Å². The number of hydrogen-bond acceptors (Lipinski definition) is 24. The molecule has 3 aromatic rings. The minimum absolute atomic E-state index is 0.00486. The van der Waals surface area contributed by atoms with E-state index in [2.05, 4.69) is 5.32 Å². The zero-order valence-electron chi connectivity index (χ0n) is 51.3. The van der Waals surface area contributed by atoms with Crippen molar-refractivity contribution >= 4 is 53.6 Å². The number of Topliss-reactive ketones (excluding diaryl/α,β-unsaturated/α-hetero) is 1. The number of carbonyl (C=O) groups is 8. The Bertz CT molecular complexity index is 3250. The number of nitrogens with zero attached hydrogens (tertiary/aromatic N) is 2. The number of amides is 3. The van der Waals surface area contributed by atoms with E-state index in [1.165, 1.54) is 84.3 Å². The second-order valence-corrected chi connectivity index (χ2v) is 25.1. The number of ketones is 1. The molecule has 2 unspecified atom stereocenters. The lowest BCUT2D eigenvalue weighted by Crippen LogP contribution is -2.81. The van der Waals surface area contributed by atoms with Gasteiger partial charge in [-0.15, -0.1) is 0 Å². The summed E-state index contributed by atoms with van der Waals surface area (Å²) in [5.74, 6) is -7.57. The second-order valence-electron chi connectivity index (χ2n) is 25.1. The smallest absolute Gasteiger partial charge is 0.410 e. The third-order valence-electron chi connectivity index (χ3n) is 17.7. The number of hydrogen-bond donors (Lipinski definition) is 9. The van der Waals surface area contributed by atoms with Gasteiger partial charge in [-0.2, -0.15) is 0 Å². The lowest BCUT2D eigenvalue weighted by atomic mass is 9.44. The quantitative estimate of drug-likeness (QED) is 0.0405. The number of nitrogens with one attached hydrogen (secondary N) is 1. The largest absolute Gasteiger partial charge is 0.479 e. The Morgan fingerprint density at radius 1 is 0.844 bits per heavy atom. The molecule has 2 bridgehead atoms. The number of alkyl carbamates (subject to hydrolysis) is 1. The molecular formula is C62H78N4O24. The molecule has 5 aliphatic rings. The summed E-state index contributed by atoms with van der Waals surface area (Å²) in [6.45, 7) is 10.4. The van der Waals surface area contributed by atoms with E-state index in [-0.39, 0.29) is 66.4 Å². The van der Waals surface area contributed by atoms with Gasteiger partial charge in [0, 0.05) is 52.4 Å². The van der Waals surface area contributed by atoms with Gasteiger partial charge in [0.25, 0.3) is 0 Å². The molecule has 2 saturated carbocycles. The summed E-state index contributed by atoms with van der Waals surface area (Å²) in [6.07, 6.45) is -24.1. The molecule has 90 heavy (non-hydrogen) atoms. The number of nitrogens with two attached hydrogens (primary N) is 1. The van der Waals surface area contributed by atoms with Gasteiger partial charge in [0.2, 0.25) is 12.4 Å². The molecule has 3 aliphatic carbocycles.